The number of sulfonamides is 1. The molecule has 0 spiro atoms. The van der Waals surface area contributed by atoms with E-state index in [1.54, 1.807) is 24.8 Å². The molecule has 1 unspecified atom stereocenters. The van der Waals surface area contributed by atoms with Gasteiger partial charge in [0.2, 0.25) is 10.0 Å². The van der Waals surface area contributed by atoms with Crippen molar-refractivity contribution in [3.8, 4) is 0 Å². The average molecular weight is 484 g/mol. The van der Waals surface area contributed by atoms with Gasteiger partial charge in [0, 0.05) is 31.4 Å². The lowest BCUT2D eigenvalue weighted by Gasteiger charge is -2.43. The third-order valence-electron chi connectivity index (χ3n) is 6.31. The van der Waals surface area contributed by atoms with Crippen LogP contribution in [0.4, 0.5) is 19.0 Å². The SMILES string of the molecule is C[C@@H]1CN(c2ccc(C(F)(F)F)cn2)C[C@H](C)N1S(=O)(=O)c1ccc2c(c1)C(C(=O)O)CC2. The van der Waals surface area contributed by atoms with E-state index in [0.29, 0.717) is 24.2 Å². The molecule has 1 N–H and O–H groups in total. The van der Waals surface area contributed by atoms with Gasteiger partial charge in [0.05, 0.1) is 16.4 Å². The van der Waals surface area contributed by atoms with Gasteiger partial charge in [-0.05, 0) is 62.1 Å². The average Bonchev–Trinajstić information content (AvgIpc) is 3.16. The highest BCUT2D eigenvalue weighted by atomic mass is 32.2. The van der Waals surface area contributed by atoms with Crippen molar-refractivity contribution in [2.45, 2.75) is 55.8 Å². The van der Waals surface area contributed by atoms with Gasteiger partial charge in [-0.25, -0.2) is 13.4 Å². The maximum atomic E-state index is 13.5. The van der Waals surface area contributed by atoms with E-state index in [4.69, 9.17) is 0 Å². The highest BCUT2D eigenvalue weighted by Gasteiger charge is 2.40. The summed E-state index contributed by atoms with van der Waals surface area (Å²) in [6, 6.07) is 5.96. The summed E-state index contributed by atoms with van der Waals surface area (Å²) in [5.74, 6) is -1.34. The van der Waals surface area contributed by atoms with Crippen LogP contribution in [0, 0.1) is 0 Å². The zero-order valence-corrected chi connectivity index (χ0v) is 18.9. The minimum atomic E-state index is -4.48. The molecule has 1 fully saturated rings. The van der Waals surface area contributed by atoms with Crippen LogP contribution in [-0.2, 0) is 27.4 Å². The first-order valence-corrected chi connectivity index (χ1v) is 12.0. The third kappa shape index (κ3) is 4.31. The summed E-state index contributed by atoms with van der Waals surface area (Å²) in [5.41, 5.74) is 0.543. The number of carboxylic acid groups (broad SMARTS) is 1. The molecular formula is C22H24F3N3O4S. The van der Waals surface area contributed by atoms with Gasteiger partial charge in [0.1, 0.15) is 5.82 Å². The Bertz CT molecular complexity index is 1160. The van der Waals surface area contributed by atoms with Gasteiger partial charge in [-0.15, -0.1) is 0 Å². The van der Waals surface area contributed by atoms with E-state index in [2.05, 4.69) is 4.98 Å². The zero-order chi connectivity index (χ0) is 24.1. The molecule has 2 heterocycles. The molecule has 2 aromatic rings. The van der Waals surface area contributed by atoms with Crippen LogP contribution in [0.25, 0.3) is 0 Å². The normalized spacial score (nSPS) is 24.0. The van der Waals surface area contributed by atoms with Crippen LogP contribution in [-0.4, -0.2) is 54.0 Å². The van der Waals surface area contributed by atoms with Gasteiger partial charge < -0.3 is 10.0 Å². The number of alkyl halides is 3. The summed E-state index contributed by atoms with van der Waals surface area (Å²) in [4.78, 5) is 17.3. The summed E-state index contributed by atoms with van der Waals surface area (Å²) in [7, 11) is -3.92. The fourth-order valence-corrected chi connectivity index (χ4v) is 6.67. The number of fused-ring (bicyclic) bond motifs is 1. The second kappa shape index (κ2) is 8.28. The Labute approximate surface area is 189 Å². The molecule has 1 aromatic carbocycles. The van der Waals surface area contributed by atoms with Gasteiger partial charge in [0.25, 0.3) is 0 Å². The van der Waals surface area contributed by atoms with Gasteiger partial charge in [-0.3, -0.25) is 4.79 Å². The van der Waals surface area contributed by atoms with Crippen molar-refractivity contribution in [2.24, 2.45) is 0 Å². The number of aryl methyl sites for hydroxylation is 1. The molecule has 0 amide bonds. The smallest absolute Gasteiger partial charge is 0.417 e. The van der Waals surface area contributed by atoms with Crippen LogP contribution in [0.2, 0.25) is 0 Å². The molecule has 33 heavy (non-hydrogen) atoms. The number of carbonyl (C=O) groups is 1. The first-order chi connectivity index (χ1) is 15.4. The lowest BCUT2D eigenvalue weighted by Crippen LogP contribution is -2.58. The van der Waals surface area contributed by atoms with Crippen molar-refractivity contribution in [2.75, 3.05) is 18.0 Å². The largest absolute Gasteiger partial charge is 0.481 e. The molecule has 1 saturated heterocycles. The minimum absolute atomic E-state index is 0.0502. The van der Waals surface area contributed by atoms with Crippen LogP contribution in [0.3, 0.4) is 0 Å². The minimum Gasteiger partial charge on any atom is -0.481 e. The van der Waals surface area contributed by atoms with Crippen LogP contribution >= 0.6 is 0 Å². The fraction of sp³-hybridized carbons (Fsp3) is 0.455. The Morgan fingerprint density at radius 2 is 1.79 bits per heavy atom. The first kappa shape index (κ1) is 23.5. The highest BCUT2D eigenvalue weighted by Crippen LogP contribution is 2.36. The van der Waals surface area contributed by atoms with E-state index in [0.717, 1.165) is 17.8 Å². The molecule has 4 rings (SSSR count). The van der Waals surface area contributed by atoms with Crippen LogP contribution in [0.15, 0.2) is 41.4 Å². The topological polar surface area (TPSA) is 90.8 Å². The molecule has 1 aromatic heterocycles. The maximum Gasteiger partial charge on any atom is 0.417 e. The monoisotopic (exact) mass is 483 g/mol. The number of aromatic nitrogens is 1. The highest BCUT2D eigenvalue weighted by molar-refractivity contribution is 7.89. The molecule has 2 aliphatic rings. The Hall–Kier alpha value is -2.66. The molecule has 0 bridgehead atoms. The molecule has 1 aliphatic carbocycles. The number of carboxylic acids is 1. The van der Waals surface area contributed by atoms with Crippen molar-refractivity contribution in [1.82, 2.24) is 9.29 Å². The van der Waals surface area contributed by atoms with E-state index < -0.39 is 45.7 Å². The number of benzene rings is 1. The second-order valence-corrected chi connectivity index (χ2v) is 10.5. The van der Waals surface area contributed by atoms with Gasteiger partial charge in [-0.2, -0.15) is 17.5 Å². The third-order valence-corrected chi connectivity index (χ3v) is 8.43. The Kier molecular flexibility index (Phi) is 5.90. The molecule has 7 nitrogen and oxygen atoms in total. The van der Waals surface area contributed by atoms with Crippen molar-refractivity contribution < 1.29 is 31.5 Å². The second-order valence-electron chi connectivity index (χ2n) is 8.63. The van der Waals surface area contributed by atoms with Crippen molar-refractivity contribution in [3.05, 3.63) is 53.2 Å². The zero-order valence-electron chi connectivity index (χ0n) is 18.1. The van der Waals surface area contributed by atoms with Crippen LogP contribution in [0.1, 0.15) is 42.9 Å². The maximum absolute atomic E-state index is 13.5. The van der Waals surface area contributed by atoms with E-state index in [1.807, 2.05) is 0 Å². The number of nitrogens with zero attached hydrogens (tertiary/aromatic N) is 3. The quantitative estimate of drug-likeness (QED) is 0.716. The summed E-state index contributed by atoms with van der Waals surface area (Å²) < 4.78 is 66.9. The lowest BCUT2D eigenvalue weighted by atomic mass is 10.0. The molecular weight excluding hydrogens is 459 g/mol. The fourth-order valence-electron chi connectivity index (χ4n) is 4.83. The molecule has 178 valence electrons. The molecule has 3 atom stereocenters. The molecule has 0 radical (unpaired) electrons. The van der Waals surface area contributed by atoms with Gasteiger partial charge in [0.15, 0.2) is 0 Å². The van der Waals surface area contributed by atoms with Crippen LogP contribution < -0.4 is 4.90 Å². The Morgan fingerprint density at radius 3 is 2.33 bits per heavy atom. The summed E-state index contributed by atoms with van der Waals surface area (Å²) >= 11 is 0. The van der Waals surface area contributed by atoms with Crippen LogP contribution in [0.5, 0.6) is 0 Å². The standard InChI is InChI=1S/C22H24F3N3O4S/c1-13-11-27(20-8-5-16(10-26-20)22(23,24)25)12-14(2)28(13)33(31,32)17-6-3-15-4-7-18(21(29)30)19(15)9-17/h3,5-6,8-10,13-14,18H,4,7,11-12H2,1-2H3,(H,29,30)/t13-,14+,18?. The van der Waals surface area contributed by atoms with Crippen molar-refractivity contribution in [3.63, 3.8) is 0 Å². The molecule has 1 aliphatic heterocycles. The number of halogens is 3. The summed E-state index contributed by atoms with van der Waals surface area (Å²) in [5, 5.41) is 9.45. The van der Waals surface area contributed by atoms with E-state index in [-0.39, 0.29) is 18.0 Å². The van der Waals surface area contributed by atoms with Crippen molar-refractivity contribution in [1.29, 1.82) is 0 Å². The molecule has 11 heteroatoms. The number of anilines is 1. The molecule has 0 saturated carbocycles. The summed E-state index contributed by atoms with van der Waals surface area (Å²) in [6.45, 7) is 3.98. The van der Waals surface area contributed by atoms with Gasteiger partial charge in [-0.1, -0.05) is 6.07 Å². The number of hydrogen-bond donors (Lipinski definition) is 1. The van der Waals surface area contributed by atoms with E-state index in [1.165, 1.54) is 22.5 Å². The Morgan fingerprint density at radius 1 is 1.12 bits per heavy atom. The van der Waals surface area contributed by atoms with E-state index >= 15 is 0 Å². The Balaban J connectivity index is 1.57. The number of aliphatic carboxylic acids is 1. The van der Waals surface area contributed by atoms with E-state index in [9.17, 15) is 31.5 Å². The number of rotatable bonds is 4. The van der Waals surface area contributed by atoms with Gasteiger partial charge >= 0.3 is 12.1 Å². The number of hydrogen-bond acceptors (Lipinski definition) is 5. The number of pyridine rings is 1. The summed E-state index contributed by atoms with van der Waals surface area (Å²) in [6.07, 6.45) is -2.66. The predicted molar refractivity (Wildman–Crippen MR) is 115 cm³/mol. The van der Waals surface area contributed by atoms with Crippen molar-refractivity contribution >= 4 is 21.8 Å². The lowest BCUT2D eigenvalue weighted by molar-refractivity contribution is -0.139. The number of piperazine rings is 1. The first-order valence-electron chi connectivity index (χ1n) is 10.6. The predicted octanol–water partition coefficient (Wildman–Crippen LogP) is 3.50.